The van der Waals surface area contributed by atoms with E-state index < -0.39 is 6.04 Å². The molecule has 1 unspecified atom stereocenters. The van der Waals surface area contributed by atoms with Crippen molar-refractivity contribution in [3.8, 4) is 5.75 Å². The van der Waals surface area contributed by atoms with Crippen molar-refractivity contribution < 1.29 is 13.9 Å². The fourth-order valence-corrected chi connectivity index (χ4v) is 4.28. The molecule has 0 saturated carbocycles. The molecule has 2 heterocycles. The number of rotatable bonds is 5. The number of nitrogens with zero attached hydrogens (tertiary/aromatic N) is 1. The first kappa shape index (κ1) is 20.8. The van der Waals surface area contributed by atoms with E-state index in [0.717, 1.165) is 16.7 Å². The van der Waals surface area contributed by atoms with Gasteiger partial charge in [0.2, 0.25) is 5.76 Å². The highest BCUT2D eigenvalue weighted by molar-refractivity contribution is 6.10. The van der Waals surface area contributed by atoms with Gasteiger partial charge in [-0.2, -0.15) is 0 Å². The SMILES string of the molecule is C=CCOc1ccc(C2c3c(oc4ccc(C)cc4c3=O)C(=O)N2c2ccc(C)cc2)cc1. The molecular weight excluding hydrogens is 414 g/mol. The topological polar surface area (TPSA) is 59.8 Å². The highest BCUT2D eigenvalue weighted by atomic mass is 16.5. The second-order valence-electron chi connectivity index (χ2n) is 8.26. The number of carbonyl (C=O) groups excluding carboxylic acids is 1. The summed E-state index contributed by atoms with van der Waals surface area (Å²) in [6.07, 6.45) is 1.68. The highest BCUT2D eigenvalue weighted by Gasteiger charge is 2.43. The molecule has 1 aromatic heterocycles. The molecule has 0 spiro atoms. The summed E-state index contributed by atoms with van der Waals surface area (Å²) >= 11 is 0. The van der Waals surface area contributed by atoms with E-state index in [4.69, 9.17) is 9.15 Å². The second-order valence-corrected chi connectivity index (χ2v) is 8.26. The molecule has 5 nitrogen and oxygen atoms in total. The van der Waals surface area contributed by atoms with Crippen molar-refractivity contribution in [2.45, 2.75) is 19.9 Å². The Balaban J connectivity index is 1.72. The summed E-state index contributed by atoms with van der Waals surface area (Å²) in [6.45, 7) is 7.98. The van der Waals surface area contributed by atoms with Crippen LogP contribution in [0.3, 0.4) is 0 Å². The van der Waals surface area contributed by atoms with Crippen LogP contribution in [0.5, 0.6) is 5.75 Å². The second kappa shape index (κ2) is 8.10. The van der Waals surface area contributed by atoms with Gasteiger partial charge in [0.05, 0.1) is 17.0 Å². The number of benzene rings is 3. The first-order valence-electron chi connectivity index (χ1n) is 10.8. The van der Waals surface area contributed by atoms with Crippen LogP contribution in [0.25, 0.3) is 11.0 Å². The molecule has 33 heavy (non-hydrogen) atoms. The third-order valence-electron chi connectivity index (χ3n) is 5.90. The average Bonchev–Trinajstić information content (AvgIpc) is 3.11. The van der Waals surface area contributed by atoms with Crippen LogP contribution in [-0.4, -0.2) is 12.5 Å². The third-order valence-corrected chi connectivity index (χ3v) is 5.90. The minimum atomic E-state index is -0.607. The zero-order valence-electron chi connectivity index (χ0n) is 18.5. The largest absolute Gasteiger partial charge is 0.490 e. The van der Waals surface area contributed by atoms with Gasteiger partial charge < -0.3 is 9.15 Å². The zero-order chi connectivity index (χ0) is 23.1. The number of hydrogen-bond donors (Lipinski definition) is 0. The minimum Gasteiger partial charge on any atom is -0.490 e. The molecule has 0 N–H and O–H groups in total. The first-order chi connectivity index (χ1) is 16.0. The summed E-state index contributed by atoms with van der Waals surface area (Å²) in [7, 11) is 0. The smallest absolute Gasteiger partial charge is 0.295 e. The van der Waals surface area contributed by atoms with Crippen LogP contribution in [0.15, 0.2) is 88.6 Å². The van der Waals surface area contributed by atoms with E-state index in [1.54, 1.807) is 17.0 Å². The van der Waals surface area contributed by atoms with Crippen molar-refractivity contribution in [3.63, 3.8) is 0 Å². The fraction of sp³-hybridized carbons (Fsp3) is 0.143. The summed E-state index contributed by atoms with van der Waals surface area (Å²) in [6, 6.07) is 19.9. The highest BCUT2D eigenvalue weighted by Crippen LogP contribution is 2.41. The molecule has 1 amide bonds. The molecule has 1 atom stereocenters. The van der Waals surface area contributed by atoms with Crippen LogP contribution in [0.4, 0.5) is 5.69 Å². The summed E-state index contributed by atoms with van der Waals surface area (Å²) < 4.78 is 11.6. The van der Waals surface area contributed by atoms with Crippen LogP contribution in [0.1, 0.15) is 38.9 Å². The number of hydrogen-bond acceptors (Lipinski definition) is 4. The molecule has 5 rings (SSSR count). The normalized spacial score (nSPS) is 15.0. The lowest BCUT2D eigenvalue weighted by molar-refractivity contribution is 0.0971. The first-order valence-corrected chi connectivity index (χ1v) is 10.8. The van der Waals surface area contributed by atoms with Crippen LogP contribution in [0, 0.1) is 13.8 Å². The Morgan fingerprint density at radius 3 is 2.36 bits per heavy atom. The number of fused-ring (bicyclic) bond motifs is 2. The van der Waals surface area contributed by atoms with Gasteiger partial charge in [0.25, 0.3) is 5.91 Å². The molecule has 0 radical (unpaired) electrons. The van der Waals surface area contributed by atoms with E-state index >= 15 is 0 Å². The lowest BCUT2D eigenvalue weighted by atomic mass is 9.97. The Hall–Kier alpha value is -4.12. The predicted octanol–water partition coefficient (Wildman–Crippen LogP) is 5.72. The van der Waals surface area contributed by atoms with Gasteiger partial charge in [-0.1, -0.05) is 54.1 Å². The Labute approximate surface area is 191 Å². The van der Waals surface area contributed by atoms with Crippen molar-refractivity contribution in [2.75, 3.05) is 11.5 Å². The molecule has 0 saturated heterocycles. The maximum Gasteiger partial charge on any atom is 0.295 e. The third kappa shape index (κ3) is 3.52. The lowest BCUT2D eigenvalue weighted by Gasteiger charge is -2.25. The van der Waals surface area contributed by atoms with Gasteiger partial charge in [0, 0.05) is 5.69 Å². The number of anilines is 1. The molecule has 164 valence electrons. The molecule has 0 aliphatic carbocycles. The molecule has 4 aromatic rings. The maximum atomic E-state index is 13.7. The molecule has 0 bridgehead atoms. The van der Waals surface area contributed by atoms with Gasteiger partial charge >= 0.3 is 0 Å². The van der Waals surface area contributed by atoms with Gasteiger partial charge in [0.15, 0.2) is 5.43 Å². The summed E-state index contributed by atoms with van der Waals surface area (Å²) in [5.74, 6) is 0.450. The Morgan fingerprint density at radius 2 is 1.67 bits per heavy atom. The van der Waals surface area contributed by atoms with E-state index in [2.05, 4.69) is 6.58 Å². The standard InChI is InChI=1S/C28H23NO4/c1-4-15-32-21-12-8-19(9-13-21)25-24-26(30)22-16-18(3)7-14-23(22)33-27(24)28(31)29(25)20-10-5-17(2)6-11-20/h4-14,16,25H,1,15H2,2-3H3. The van der Waals surface area contributed by atoms with Gasteiger partial charge in [-0.25, -0.2) is 0 Å². The van der Waals surface area contributed by atoms with E-state index in [-0.39, 0.29) is 17.1 Å². The van der Waals surface area contributed by atoms with Crippen LogP contribution in [-0.2, 0) is 0 Å². The molecule has 1 aliphatic heterocycles. The predicted molar refractivity (Wildman–Crippen MR) is 129 cm³/mol. The summed E-state index contributed by atoms with van der Waals surface area (Å²) in [5.41, 5.74) is 4.12. The molecule has 1 aliphatic rings. The van der Waals surface area contributed by atoms with E-state index in [9.17, 15) is 9.59 Å². The molecule has 3 aromatic carbocycles. The van der Waals surface area contributed by atoms with Crippen LogP contribution < -0.4 is 15.1 Å². The molecular formula is C28H23NO4. The van der Waals surface area contributed by atoms with Gasteiger partial charge in [0.1, 0.15) is 17.9 Å². The van der Waals surface area contributed by atoms with Crippen molar-refractivity contribution in [3.05, 3.63) is 118 Å². The Morgan fingerprint density at radius 1 is 0.970 bits per heavy atom. The minimum absolute atomic E-state index is 0.0916. The van der Waals surface area contributed by atoms with Crippen molar-refractivity contribution in [1.82, 2.24) is 0 Å². The fourth-order valence-electron chi connectivity index (χ4n) is 4.28. The van der Waals surface area contributed by atoms with Crippen LogP contribution >= 0.6 is 0 Å². The zero-order valence-corrected chi connectivity index (χ0v) is 18.5. The lowest BCUT2D eigenvalue weighted by Crippen LogP contribution is -2.29. The molecule has 5 heteroatoms. The summed E-state index contributed by atoms with van der Waals surface area (Å²) in [5, 5.41) is 0.475. The molecule has 0 fully saturated rings. The average molecular weight is 437 g/mol. The maximum absolute atomic E-state index is 13.7. The van der Waals surface area contributed by atoms with E-state index in [1.807, 2.05) is 74.5 Å². The summed E-state index contributed by atoms with van der Waals surface area (Å²) in [4.78, 5) is 28.9. The number of ether oxygens (including phenoxy) is 1. The Bertz CT molecular complexity index is 1430. The number of aryl methyl sites for hydroxylation is 2. The van der Waals surface area contributed by atoms with Gasteiger partial charge in [-0.05, 0) is 55.8 Å². The van der Waals surface area contributed by atoms with Gasteiger partial charge in [-0.15, -0.1) is 0 Å². The van der Waals surface area contributed by atoms with Crippen molar-refractivity contribution in [1.29, 1.82) is 0 Å². The van der Waals surface area contributed by atoms with Crippen molar-refractivity contribution >= 4 is 22.6 Å². The number of carbonyl (C=O) groups is 1. The Kier molecular flexibility index (Phi) is 5.09. The number of amides is 1. The van der Waals surface area contributed by atoms with Crippen molar-refractivity contribution in [2.24, 2.45) is 0 Å². The van der Waals surface area contributed by atoms with E-state index in [0.29, 0.717) is 34.6 Å². The van der Waals surface area contributed by atoms with E-state index in [1.165, 1.54) is 0 Å². The van der Waals surface area contributed by atoms with Gasteiger partial charge in [-0.3, -0.25) is 14.5 Å². The quantitative estimate of drug-likeness (QED) is 0.375. The monoisotopic (exact) mass is 437 g/mol. The van der Waals surface area contributed by atoms with Crippen LogP contribution in [0.2, 0.25) is 0 Å².